The van der Waals surface area contributed by atoms with E-state index in [1.165, 1.54) is 19.1 Å². The van der Waals surface area contributed by atoms with E-state index in [-0.39, 0.29) is 11.5 Å². The number of carbonyl (C=O) groups excluding carboxylic acids is 2. The predicted molar refractivity (Wildman–Crippen MR) is 93.2 cm³/mol. The van der Waals surface area contributed by atoms with Gasteiger partial charge in [0.1, 0.15) is 11.6 Å². The molecule has 2 aromatic carbocycles. The highest BCUT2D eigenvalue weighted by Gasteiger charge is 2.14. The lowest BCUT2D eigenvalue weighted by Gasteiger charge is -2.07. The van der Waals surface area contributed by atoms with Gasteiger partial charge < -0.3 is 9.73 Å². The Morgan fingerprint density at radius 3 is 2.40 bits per heavy atom. The third-order valence-electron chi connectivity index (χ3n) is 3.85. The quantitative estimate of drug-likeness (QED) is 0.692. The summed E-state index contributed by atoms with van der Waals surface area (Å²) in [6, 6.07) is 14.3. The van der Waals surface area contributed by atoms with Gasteiger partial charge in [-0.15, -0.1) is 0 Å². The molecule has 0 atom stereocenters. The minimum absolute atomic E-state index is 0.0171. The number of rotatable bonds is 4. The molecule has 25 heavy (non-hydrogen) atoms. The maximum atomic E-state index is 13.3. The van der Waals surface area contributed by atoms with Gasteiger partial charge in [0.25, 0.3) is 5.91 Å². The minimum Gasteiger partial charge on any atom is -0.451 e. The van der Waals surface area contributed by atoms with Crippen LogP contribution >= 0.6 is 0 Å². The molecule has 1 N–H and O–H groups in total. The molecule has 0 saturated carbocycles. The second-order valence-corrected chi connectivity index (χ2v) is 5.71. The van der Waals surface area contributed by atoms with Crippen molar-refractivity contribution in [2.45, 2.75) is 13.8 Å². The van der Waals surface area contributed by atoms with E-state index in [2.05, 4.69) is 5.32 Å². The number of anilines is 1. The van der Waals surface area contributed by atoms with Crippen LogP contribution in [0.5, 0.6) is 0 Å². The number of halogens is 1. The first-order chi connectivity index (χ1) is 11.9. The molecule has 1 heterocycles. The van der Waals surface area contributed by atoms with E-state index in [9.17, 15) is 14.0 Å². The summed E-state index contributed by atoms with van der Waals surface area (Å²) in [5.74, 6) is -0.269. The van der Waals surface area contributed by atoms with E-state index in [0.717, 1.165) is 11.1 Å². The summed E-state index contributed by atoms with van der Waals surface area (Å²) >= 11 is 0. The van der Waals surface area contributed by atoms with Gasteiger partial charge in [0.2, 0.25) is 0 Å². The first kappa shape index (κ1) is 16.6. The summed E-state index contributed by atoms with van der Waals surface area (Å²) < 4.78 is 18.9. The van der Waals surface area contributed by atoms with Gasteiger partial charge in [-0.05, 0) is 43.7 Å². The summed E-state index contributed by atoms with van der Waals surface area (Å²) in [5, 5.41) is 2.64. The monoisotopic (exact) mass is 337 g/mol. The Kier molecular flexibility index (Phi) is 4.48. The lowest BCUT2D eigenvalue weighted by molar-refractivity contribution is 0.0994. The molecule has 1 aromatic heterocycles. The molecule has 0 aliphatic heterocycles. The van der Waals surface area contributed by atoms with Crippen molar-refractivity contribution in [3.05, 3.63) is 77.3 Å². The predicted octanol–water partition coefficient (Wildman–Crippen LogP) is 4.85. The molecule has 0 aliphatic rings. The highest BCUT2D eigenvalue weighted by atomic mass is 19.1. The number of furan rings is 1. The fraction of sp³-hybridized carbons (Fsp3) is 0.100. The van der Waals surface area contributed by atoms with Gasteiger partial charge in [0.15, 0.2) is 11.5 Å². The van der Waals surface area contributed by atoms with Crippen LogP contribution in [0.4, 0.5) is 10.1 Å². The van der Waals surface area contributed by atoms with Crippen LogP contribution in [0.25, 0.3) is 11.3 Å². The lowest BCUT2D eigenvalue weighted by atomic mass is 10.1. The fourth-order valence-corrected chi connectivity index (χ4v) is 2.40. The second kappa shape index (κ2) is 6.73. The van der Waals surface area contributed by atoms with Crippen LogP contribution in [0, 0.1) is 12.7 Å². The lowest BCUT2D eigenvalue weighted by Crippen LogP contribution is -2.12. The third kappa shape index (κ3) is 3.66. The van der Waals surface area contributed by atoms with Crippen LogP contribution in [0.2, 0.25) is 0 Å². The second-order valence-electron chi connectivity index (χ2n) is 5.71. The van der Waals surface area contributed by atoms with Gasteiger partial charge in [-0.2, -0.15) is 0 Å². The first-order valence-electron chi connectivity index (χ1n) is 7.73. The third-order valence-corrected chi connectivity index (χ3v) is 3.85. The van der Waals surface area contributed by atoms with E-state index in [4.69, 9.17) is 4.42 Å². The van der Waals surface area contributed by atoms with Crippen molar-refractivity contribution in [2.75, 3.05) is 5.32 Å². The minimum atomic E-state index is -0.458. The molecule has 0 radical (unpaired) electrons. The van der Waals surface area contributed by atoms with Crippen LogP contribution in [-0.2, 0) is 0 Å². The smallest absolute Gasteiger partial charge is 0.291 e. The molecule has 0 bridgehead atoms. The zero-order valence-electron chi connectivity index (χ0n) is 13.8. The molecular weight excluding hydrogens is 321 g/mol. The van der Waals surface area contributed by atoms with Crippen LogP contribution in [-0.4, -0.2) is 11.7 Å². The number of hydrogen-bond donors (Lipinski definition) is 1. The van der Waals surface area contributed by atoms with Crippen LogP contribution in [0.1, 0.15) is 33.4 Å². The van der Waals surface area contributed by atoms with Crippen molar-refractivity contribution in [1.29, 1.82) is 0 Å². The van der Waals surface area contributed by atoms with Gasteiger partial charge in [-0.1, -0.05) is 30.3 Å². The van der Waals surface area contributed by atoms with Crippen molar-refractivity contribution in [1.82, 2.24) is 0 Å². The van der Waals surface area contributed by atoms with Gasteiger partial charge >= 0.3 is 0 Å². The Bertz CT molecular complexity index is 942. The molecule has 0 fully saturated rings. The van der Waals surface area contributed by atoms with Crippen LogP contribution in [0.15, 0.2) is 59.0 Å². The number of benzene rings is 2. The zero-order chi connectivity index (χ0) is 18.0. The fourth-order valence-electron chi connectivity index (χ4n) is 2.40. The van der Waals surface area contributed by atoms with Gasteiger partial charge in [-0.25, -0.2) is 4.39 Å². The number of ketones is 1. The summed E-state index contributed by atoms with van der Waals surface area (Å²) in [6.07, 6.45) is 0. The molecule has 0 unspecified atom stereocenters. The van der Waals surface area contributed by atoms with E-state index in [1.54, 1.807) is 49.4 Å². The van der Waals surface area contributed by atoms with E-state index >= 15 is 0 Å². The molecule has 0 saturated heterocycles. The molecule has 1 amide bonds. The number of nitrogens with one attached hydrogen (secondary N) is 1. The molecule has 0 aliphatic carbocycles. The molecule has 126 valence electrons. The molecule has 3 rings (SSSR count). The van der Waals surface area contributed by atoms with Crippen LogP contribution < -0.4 is 5.32 Å². The Morgan fingerprint density at radius 2 is 1.72 bits per heavy atom. The highest BCUT2D eigenvalue weighted by Crippen LogP contribution is 2.24. The number of Topliss-reactive ketones (excluding diaryl/α,β-unsaturated/α-hetero) is 1. The molecule has 0 spiro atoms. The summed E-state index contributed by atoms with van der Waals surface area (Å²) in [7, 11) is 0. The maximum absolute atomic E-state index is 13.3. The highest BCUT2D eigenvalue weighted by molar-refractivity contribution is 6.03. The standard InChI is InChI=1S/C20H16FNO3/c1-12-3-8-16(21)11-17(12)22-20(24)19-10-9-18(25-19)15-6-4-14(5-7-15)13(2)23/h3-11H,1-2H3,(H,22,24). The van der Waals surface area contributed by atoms with Crippen molar-refractivity contribution >= 4 is 17.4 Å². The zero-order valence-corrected chi connectivity index (χ0v) is 13.8. The summed E-state index contributed by atoms with van der Waals surface area (Å²) in [4.78, 5) is 23.6. The number of amides is 1. The van der Waals surface area contributed by atoms with Gasteiger partial charge in [0, 0.05) is 16.8 Å². The molecule has 5 heteroatoms. The number of hydrogen-bond acceptors (Lipinski definition) is 3. The molecule has 3 aromatic rings. The van der Waals surface area contributed by atoms with E-state index in [0.29, 0.717) is 17.0 Å². The SMILES string of the molecule is CC(=O)c1ccc(-c2ccc(C(=O)Nc3cc(F)ccc3C)o2)cc1. The Labute approximate surface area is 144 Å². The van der Waals surface area contributed by atoms with Crippen molar-refractivity contribution in [3.8, 4) is 11.3 Å². The van der Waals surface area contributed by atoms with Crippen molar-refractivity contribution in [3.63, 3.8) is 0 Å². The largest absolute Gasteiger partial charge is 0.451 e. The van der Waals surface area contributed by atoms with E-state index < -0.39 is 11.7 Å². The van der Waals surface area contributed by atoms with Crippen LogP contribution in [0.3, 0.4) is 0 Å². The van der Waals surface area contributed by atoms with Gasteiger partial charge in [-0.3, -0.25) is 9.59 Å². The van der Waals surface area contributed by atoms with Crippen molar-refractivity contribution < 1.29 is 18.4 Å². The molecule has 4 nitrogen and oxygen atoms in total. The number of carbonyl (C=O) groups is 2. The average molecular weight is 337 g/mol. The normalized spacial score (nSPS) is 10.5. The van der Waals surface area contributed by atoms with Gasteiger partial charge in [0.05, 0.1) is 0 Å². The Hall–Kier alpha value is -3.21. The topological polar surface area (TPSA) is 59.3 Å². The average Bonchev–Trinajstić information content (AvgIpc) is 3.08. The first-order valence-corrected chi connectivity index (χ1v) is 7.73. The Balaban J connectivity index is 1.79. The number of aryl methyl sites for hydroxylation is 1. The summed E-state index contributed by atoms with van der Waals surface area (Å²) in [6.45, 7) is 3.28. The molecular formula is C20H16FNO3. The maximum Gasteiger partial charge on any atom is 0.291 e. The van der Waals surface area contributed by atoms with E-state index in [1.807, 2.05) is 0 Å². The summed E-state index contributed by atoms with van der Waals surface area (Å²) in [5.41, 5.74) is 2.51. The van der Waals surface area contributed by atoms with Crippen molar-refractivity contribution in [2.24, 2.45) is 0 Å². The Morgan fingerprint density at radius 1 is 1.00 bits per heavy atom.